The molecule has 1 amide bonds. The molecule has 0 saturated heterocycles. The van der Waals surface area contributed by atoms with Crippen molar-refractivity contribution < 1.29 is 13.6 Å². The number of aromatic amines is 2. The van der Waals surface area contributed by atoms with Crippen molar-refractivity contribution >= 4 is 44.9 Å². The number of thiophene rings is 1. The van der Waals surface area contributed by atoms with Crippen molar-refractivity contribution in [1.29, 1.82) is 0 Å². The van der Waals surface area contributed by atoms with Gasteiger partial charge in [0, 0.05) is 24.4 Å². The van der Waals surface area contributed by atoms with Crippen LogP contribution in [0.4, 0.5) is 14.5 Å². The number of anilines is 1. The third kappa shape index (κ3) is 4.74. The van der Waals surface area contributed by atoms with Crippen molar-refractivity contribution in [3.63, 3.8) is 0 Å². The number of aromatic nitrogens is 7. The summed E-state index contributed by atoms with van der Waals surface area (Å²) in [6.45, 7) is 5.92. The van der Waals surface area contributed by atoms with Crippen molar-refractivity contribution in [2.24, 2.45) is 5.41 Å². The van der Waals surface area contributed by atoms with Crippen molar-refractivity contribution in [3.8, 4) is 33.3 Å². The van der Waals surface area contributed by atoms with Crippen LogP contribution in [0.2, 0.25) is 0 Å². The van der Waals surface area contributed by atoms with E-state index in [0.29, 0.717) is 50.6 Å². The summed E-state index contributed by atoms with van der Waals surface area (Å²) in [5.41, 5.74) is 3.03. The predicted molar refractivity (Wildman–Crippen MR) is 146 cm³/mol. The molecule has 0 aliphatic carbocycles. The Kier molecular flexibility index (Phi) is 5.91. The SMILES string of the molecule is CC(C)(C)CC(=O)Nc1cncc(-c2ncc3[nH]nc(-c4nc5c(-c6ccc(F)s6)nccc5[nH]4)c3c2F)c1. The number of fused-ring (bicyclic) bond motifs is 2. The van der Waals surface area contributed by atoms with Crippen molar-refractivity contribution in [1.82, 2.24) is 35.1 Å². The maximum absolute atomic E-state index is 16.0. The molecule has 0 spiro atoms. The van der Waals surface area contributed by atoms with Crippen LogP contribution in [0.15, 0.2) is 49.1 Å². The number of carbonyl (C=O) groups is 1. The average Bonchev–Trinajstić information content (AvgIpc) is 3.60. The molecule has 9 nitrogen and oxygen atoms in total. The van der Waals surface area contributed by atoms with Gasteiger partial charge in [0.05, 0.1) is 39.4 Å². The molecule has 39 heavy (non-hydrogen) atoms. The molecule has 6 heterocycles. The number of halogens is 2. The van der Waals surface area contributed by atoms with Crippen LogP contribution in [0.3, 0.4) is 0 Å². The molecule has 6 rings (SSSR count). The Bertz CT molecular complexity index is 1870. The zero-order chi connectivity index (χ0) is 27.3. The summed E-state index contributed by atoms with van der Waals surface area (Å²) in [6.07, 6.45) is 6.39. The van der Waals surface area contributed by atoms with Gasteiger partial charge in [0.2, 0.25) is 5.91 Å². The van der Waals surface area contributed by atoms with Gasteiger partial charge in [-0.25, -0.2) is 9.37 Å². The van der Waals surface area contributed by atoms with Gasteiger partial charge < -0.3 is 10.3 Å². The largest absolute Gasteiger partial charge is 0.336 e. The molecule has 12 heteroatoms. The maximum Gasteiger partial charge on any atom is 0.224 e. The highest BCUT2D eigenvalue weighted by molar-refractivity contribution is 7.13. The smallest absolute Gasteiger partial charge is 0.224 e. The fraction of sp³-hybridized carbons (Fsp3) is 0.185. The molecule has 3 N–H and O–H groups in total. The summed E-state index contributed by atoms with van der Waals surface area (Å²) in [5.74, 6) is -0.457. The van der Waals surface area contributed by atoms with E-state index < -0.39 is 5.82 Å². The molecule has 0 bridgehead atoms. The van der Waals surface area contributed by atoms with Crippen LogP contribution in [0.5, 0.6) is 0 Å². The number of nitrogens with zero attached hydrogens (tertiary/aromatic N) is 5. The van der Waals surface area contributed by atoms with Crippen LogP contribution in [-0.2, 0) is 4.79 Å². The van der Waals surface area contributed by atoms with Gasteiger partial charge in [-0.15, -0.1) is 11.3 Å². The van der Waals surface area contributed by atoms with E-state index in [0.717, 1.165) is 11.3 Å². The summed E-state index contributed by atoms with van der Waals surface area (Å²) in [7, 11) is 0. The average molecular weight is 545 g/mol. The molecule has 196 valence electrons. The Labute approximate surface area is 224 Å². The zero-order valence-electron chi connectivity index (χ0n) is 21.1. The van der Waals surface area contributed by atoms with E-state index in [1.165, 1.54) is 24.7 Å². The topological polar surface area (TPSA) is 125 Å². The highest BCUT2D eigenvalue weighted by atomic mass is 32.1. The van der Waals surface area contributed by atoms with Crippen LogP contribution in [0.25, 0.3) is 55.3 Å². The number of hydrogen-bond donors (Lipinski definition) is 3. The third-order valence-electron chi connectivity index (χ3n) is 5.96. The van der Waals surface area contributed by atoms with Crippen LogP contribution in [0, 0.1) is 16.4 Å². The number of pyridine rings is 3. The van der Waals surface area contributed by atoms with E-state index in [4.69, 9.17) is 0 Å². The fourth-order valence-corrected chi connectivity index (χ4v) is 5.07. The summed E-state index contributed by atoms with van der Waals surface area (Å²) in [4.78, 5) is 33.7. The number of amides is 1. The van der Waals surface area contributed by atoms with Gasteiger partial charge in [0.25, 0.3) is 0 Å². The zero-order valence-corrected chi connectivity index (χ0v) is 22.0. The number of nitrogens with one attached hydrogen (secondary N) is 3. The monoisotopic (exact) mass is 544 g/mol. The Balaban J connectivity index is 1.40. The first-order valence-electron chi connectivity index (χ1n) is 12.0. The van der Waals surface area contributed by atoms with E-state index in [1.807, 2.05) is 20.8 Å². The minimum Gasteiger partial charge on any atom is -0.336 e. The van der Waals surface area contributed by atoms with E-state index >= 15 is 4.39 Å². The van der Waals surface area contributed by atoms with Gasteiger partial charge in [0.15, 0.2) is 16.8 Å². The molecule has 0 saturated carbocycles. The number of hydrogen-bond acceptors (Lipinski definition) is 7. The summed E-state index contributed by atoms with van der Waals surface area (Å²) in [5, 5.41) is 9.80. The van der Waals surface area contributed by atoms with Crippen molar-refractivity contribution in [2.45, 2.75) is 27.2 Å². The first-order valence-corrected chi connectivity index (χ1v) is 12.9. The minimum absolute atomic E-state index is 0.0529. The number of rotatable bonds is 5. The van der Waals surface area contributed by atoms with Crippen molar-refractivity contribution in [2.75, 3.05) is 5.32 Å². The molecule has 6 aromatic heterocycles. The second-order valence-corrected chi connectivity index (χ2v) is 11.3. The van der Waals surface area contributed by atoms with E-state index in [9.17, 15) is 9.18 Å². The lowest BCUT2D eigenvalue weighted by Crippen LogP contribution is -2.19. The van der Waals surface area contributed by atoms with Gasteiger partial charge in [-0.05, 0) is 29.7 Å². The van der Waals surface area contributed by atoms with Crippen LogP contribution in [0.1, 0.15) is 27.2 Å². The summed E-state index contributed by atoms with van der Waals surface area (Å²) in [6, 6.07) is 6.39. The molecule has 0 unspecified atom stereocenters. The molecule has 6 aromatic rings. The molecule has 0 aliphatic rings. The third-order valence-corrected chi connectivity index (χ3v) is 6.84. The second kappa shape index (κ2) is 9.31. The lowest BCUT2D eigenvalue weighted by molar-refractivity contribution is -0.117. The molecule has 0 fully saturated rings. The van der Waals surface area contributed by atoms with E-state index in [2.05, 4.69) is 40.4 Å². The van der Waals surface area contributed by atoms with E-state index in [-0.39, 0.29) is 33.2 Å². The Hall–Kier alpha value is -4.58. The Morgan fingerprint density at radius 3 is 2.64 bits per heavy atom. The van der Waals surface area contributed by atoms with Gasteiger partial charge >= 0.3 is 0 Å². The fourth-order valence-electron chi connectivity index (χ4n) is 4.34. The molecular weight excluding hydrogens is 522 g/mol. The summed E-state index contributed by atoms with van der Waals surface area (Å²) < 4.78 is 29.7. The maximum atomic E-state index is 16.0. The molecular formula is C27H22F2N8OS. The normalized spacial score (nSPS) is 11.9. The van der Waals surface area contributed by atoms with Crippen LogP contribution >= 0.6 is 11.3 Å². The first kappa shape index (κ1) is 24.7. The number of carbonyl (C=O) groups excluding carboxylic acids is 1. The highest BCUT2D eigenvalue weighted by Crippen LogP contribution is 2.35. The van der Waals surface area contributed by atoms with E-state index in [1.54, 1.807) is 24.4 Å². The highest BCUT2D eigenvalue weighted by Gasteiger charge is 2.22. The first-order chi connectivity index (χ1) is 18.7. The van der Waals surface area contributed by atoms with Gasteiger partial charge in [-0.3, -0.25) is 24.8 Å². The lowest BCUT2D eigenvalue weighted by Gasteiger charge is -2.17. The molecule has 0 aromatic carbocycles. The molecule has 0 atom stereocenters. The molecule has 0 radical (unpaired) electrons. The lowest BCUT2D eigenvalue weighted by atomic mass is 9.92. The predicted octanol–water partition coefficient (Wildman–Crippen LogP) is 6.34. The minimum atomic E-state index is -0.615. The van der Waals surface area contributed by atoms with Gasteiger partial charge in [-0.1, -0.05) is 20.8 Å². The van der Waals surface area contributed by atoms with Gasteiger partial charge in [-0.2, -0.15) is 9.49 Å². The standard InChI is InChI=1S/C27H22F2N8OS/c1-27(2,3)9-19(38)33-14-8-13(10-30-11-14)22-21(29)20-16(12-32-22)36-37-25(20)26-34-15-6-7-31-24(23(15)35-26)17-4-5-18(28)39-17/h4-8,10-12H,9H2,1-3H3,(H,33,38)(H,34,35)(H,36,37). The second-order valence-electron chi connectivity index (χ2n) is 10.3. The Morgan fingerprint density at radius 2 is 1.87 bits per heavy atom. The van der Waals surface area contributed by atoms with Crippen molar-refractivity contribution in [3.05, 3.63) is 60.0 Å². The van der Waals surface area contributed by atoms with Crippen LogP contribution in [-0.4, -0.2) is 41.0 Å². The van der Waals surface area contributed by atoms with Crippen LogP contribution < -0.4 is 5.32 Å². The Morgan fingerprint density at radius 1 is 1.03 bits per heavy atom. The quantitative estimate of drug-likeness (QED) is 0.233. The number of H-pyrrole nitrogens is 2. The summed E-state index contributed by atoms with van der Waals surface area (Å²) >= 11 is 0.969. The van der Waals surface area contributed by atoms with Gasteiger partial charge in [0.1, 0.15) is 22.6 Å². The number of imidazole rings is 1. The molecule has 0 aliphatic heterocycles.